The van der Waals surface area contributed by atoms with Gasteiger partial charge in [0.1, 0.15) is 18.5 Å². The standard InChI is InChI=1S/C25H20N4O4/c1-2-32-24-14-18(13-19(15-26)25-27-21-5-3-4-6-22(21)28-25)9-12-23(24)33-16-17-7-10-20(11-8-17)29(30)31/h3-14H,2,16H2,1H3,(H,27,28)/b19-13+. The number of nitro groups is 1. The third kappa shape index (κ3) is 4.99. The van der Waals surface area contributed by atoms with E-state index < -0.39 is 4.92 Å². The van der Waals surface area contributed by atoms with Crippen LogP contribution in [0.15, 0.2) is 66.7 Å². The Balaban J connectivity index is 1.56. The van der Waals surface area contributed by atoms with Gasteiger partial charge in [0.2, 0.25) is 0 Å². The zero-order valence-electron chi connectivity index (χ0n) is 17.8. The predicted molar refractivity (Wildman–Crippen MR) is 125 cm³/mol. The molecular weight excluding hydrogens is 420 g/mol. The third-order valence-electron chi connectivity index (χ3n) is 4.89. The molecule has 4 rings (SSSR count). The van der Waals surface area contributed by atoms with Gasteiger partial charge >= 0.3 is 0 Å². The third-order valence-corrected chi connectivity index (χ3v) is 4.89. The summed E-state index contributed by atoms with van der Waals surface area (Å²) in [5.41, 5.74) is 3.63. The summed E-state index contributed by atoms with van der Waals surface area (Å²) >= 11 is 0. The van der Waals surface area contributed by atoms with Gasteiger partial charge in [-0.05, 0) is 60.5 Å². The molecule has 8 nitrogen and oxygen atoms in total. The fourth-order valence-electron chi connectivity index (χ4n) is 3.28. The van der Waals surface area contributed by atoms with E-state index in [0.717, 1.165) is 22.2 Å². The average molecular weight is 440 g/mol. The van der Waals surface area contributed by atoms with Crippen molar-refractivity contribution in [2.45, 2.75) is 13.5 Å². The first-order chi connectivity index (χ1) is 16.1. The maximum atomic E-state index is 10.8. The van der Waals surface area contributed by atoms with Crippen molar-refractivity contribution in [3.63, 3.8) is 0 Å². The van der Waals surface area contributed by atoms with Crippen molar-refractivity contribution < 1.29 is 14.4 Å². The number of aromatic amines is 1. The smallest absolute Gasteiger partial charge is 0.269 e. The second-order valence-electron chi connectivity index (χ2n) is 7.12. The number of aromatic nitrogens is 2. The van der Waals surface area contributed by atoms with Crippen LogP contribution < -0.4 is 9.47 Å². The van der Waals surface area contributed by atoms with Crippen molar-refractivity contribution >= 4 is 28.4 Å². The highest BCUT2D eigenvalue weighted by atomic mass is 16.6. The van der Waals surface area contributed by atoms with Crippen LogP contribution in [0.3, 0.4) is 0 Å². The van der Waals surface area contributed by atoms with Gasteiger partial charge in [-0.1, -0.05) is 18.2 Å². The second kappa shape index (κ2) is 9.66. The van der Waals surface area contributed by atoms with Crippen molar-refractivity contribution in [2.24, 2.45) is 0 Å². The van der Waals surface area contributed by atoms with Crippen LogP contribution in [-0.2, 0) is 6.61 Å². The van der Waals surface area contributed by atoms with Crippen LogP contribution in [0.25, 0.3) is 22.7 Å². The van der Waals surface area contributed by atoms with Crippen LogP contribution in [-0.4, -0.2) is 21.5 Å². The fourth-order valence-corrected chi connectivity index (χ4v) is 3.28. The number of H-pyrrole nitrogens is 1. The molecule has 0 saturated heterocycles. The first-order valence-corrected chi connectivity index (χ1v) is 10.3. The molecule has 0 unspecified atom stereocenters. The van der Waals surface area contributed by atoms with Gasteiger partial charge in [0.15, 0.2) is 11.5 Å². The highest BCUT2D eigenvalue weighted by molar-refractivity contribution is 5.90. The Kier molecular flexibility index (Phi) is 6.32. The molecule has 8 heteroatoms. The number of para-hydroxylation sites is 2. The maximum absolute atomic E-state index is 10.8. The van der Waals surface area contributed by atoms with Gasteiger partial charge in [-0.2, -0.15) is 5.26 Å². The number of ether oxygens (including phenoxy) is 2. The topological polar surface area (TPSA) is 114 Å². The van der Waals surface area contributed by atoms with E-state index in [1.165, 1.54) is 12.1 Å². The van der Waals surface area contributed by atoms with E-state index in [1.807, 2.05) is 37.3 Å². The summed E-state index contributed by atoms with van der Waals surface area (Å²) in [5.74, 6) is 1.57. The van der Waals surface area contributed by atoms with Crippen LogP contribution in [0.1, 0.15) is 23.9 Å². The van der Waals surface area contributed by atoms with Crippen molar-refractivity contribution in [1.82, 2.24) is 9.97 Å². The maximum Gasteiger partial charge on any atom is 0.269 e. The molecule has 164 valence electrons. The van der Waals surface area contributed by atoms with Crippen molar-refractivity contribution in [2.75, 3.05) is 6.61 Å². The molecule has 0 spiro atoms. The number of non-ortho nitro benzene ring substituents is 1. The molecule has 0 fully saturated rings. The highest BCUT2D eigenvalue weighted by Gasteiger charge is 2.11. The first kappa shape index (κ1) is 21.6. The minimum atomic E-state index is -0.440. The molecule has 0 bridgehead atoms. The summed E-state index contributed by atoms with van der Waals surface area (Å²) in [4.78, 5) is 18.0. The molecule has 1 heterocycles. The van der Waals surface area contributed by atoms with E-state index in [2.05, 4.69) is 16.0 Å². The Hall–Kier alpha value is -4.64. The van der Waals surface area contributed by atoms with E-state index >= 15 is 0 Å². The van der Waals surface area contributed by atoms with Gasteiger partial charge in [0.25, 0.3) is 5.69 Å². The molecule has 0 radical (unpaired) electrons. The van der Waals surface area contributed by atoms with Gasteiger partial charge < -0.3 is 14.5 Å². The van der Waals surface area contributed by atoms with E-state index in [1.54, 1.807) is 30.3 Å². The predicted octanol–water partition coefficient (Wildman–Crippen LogP) is 5.51. The molecule has 0 atom stereocenters. The van der Waals surface area contributed by atoms with E-state index in [0.29, 0.717) is 29.5 Å². The molecule has 1 N–H and O–H groups in total. The summed E-state index contributed by atoms with van der Waals surface area (Å²) in [6, 6.07) is 21.4. The molecule has 1 aromatic heterocycles. The second-order valence-corrected chi connectivity index (χ2v) is 7.12. The van der Waals surface area contributed by atoms with Crippen molar-refractivity contribution in [3.8, 4) is 17.6 Å². The number of benzene rings is 3. The summed E-state index contributed by atoms with van der Waals surface area (Å²) in [6.45, 7) is 2.54. The molecule has 0 amide bonds. The van der Waals surface area contributed by atoms with Gasteiger partial charge in [0, 0.05) is 12.1 Å². The van der Waals surface area contributed by atoms with Gasteiger partial charge in [-0.25, -0.2) is 4.98 Å². The number of nitro benzene ring substituents is 1. The van der Waals surface area contributed by atoms with Gasteiger partial charge in [-0.3, -0.25) is 10.1 Å². The molecule has 33 heavy (non-hydrogen) atoms. The molecular formula is C25H20N4O4. The highest BCUT2D eigenvalue weighted by Crippen LogP contribution is 2.31. The quantitative estimate of drug-likeness (QED) is 0.219. The monoisotopic (exact) mass is 440 g/mol. The SMILES string of the molecule is CCOc1cc(/C=C(\C#N)c2nc3ccccc3[nH]2)ccc1OCc1ccc([N+](=O)[O-])cc1. The zero-order chi connectivity index (χ0) is 23.2. The largest absolute Gasteiger partial charge is 0.490 e. The molecule has 3 aromatic carbocycles. The lowest BCUT2D eigenvalue weighted by molar-refractivity contribution is -0.384. The molecule has 0 saturated carbocycles. The summed E-state index contributed by atoms with van der Waals surface area (Å²) < 4.78 is 11.6. The van der Waals surface area contributed by atoms with Crippen LogP contribution in [0, 0.1) is 21.4 Å². The van der Waals surface area contributed by atoms with Crippen LogP contribution >= 0.6 is 0 Å². The van der Waals surface area contributed by atoms with Crippen molar-refractivity contribution in [1.29, 1.82) is 5.26 Å². The summed E-state index contributed by atoms with van der Waals surface area (Å²) in [7, 11) is 0. The number of allylic oxidation sites excluding steroid dienone is 1. The average Bonchev–Trinajstić information content (AvgIpc) is 3.26. The van der Waals surface area contributed by atoms with Crippen molar-refractivity contribution in [3.05, 3.63) is 93.8 Å². The number of nitrogens with one attached hydrogen (secondary N) is 1. The van der Waals surface area contributed by atoms with E-state index in [-0.39, 0.29) is 12.3 Å². The number of imidazole rings is 1. The molecule has 0 aliphatic rings. The lowest BCUT2D eigenvalue weighted by Crippen LogP contribution is -2.00. The Morgan fingerprint density at radius 1 is 1.12 bits per heavy atom. The van der Waals surface area contributed by atoms with Crippen LogP contribution in [0.4, 0.5) is 5.69 Å². The minimum absolute atomic E-state index is 0.0302. The molecule has 0 aliphatic carbocycles. The first-order valence-electron chi connectivity index (χ1n) is 10.3. The number of rotatable bonds is 8. The van der Waals surface area contributed by atoms with Gasteiger partial charge in [0.05, 0.1) is 28.1 Å². The number of nitriles is 1. The summed E-state index contributed by atoms with van der Waals surface area (Å²) in [6.07, 6.45) is 1.74. The Morgan fingerprint density at radius 3 is 2.61 bits per heavy atom. The minimum Gasteiger partial charge on any atom is -0.490 e. The summed E-state index contributed by atoms with van der Waals surface area (Å²) in [5, 5.41) is 20.5. The van der Waals surface area contributed by atoms with E-state index in [9.17, 15) is 15.4 Å². The lowest BCUT2D eigenvalue weighted by Gasteiger charge is -2.13. The van der Waals surface area contributed by atoms with Gasteiger partial charge in [-0.15, -0.1) is 0 Å². The Bertz CT molecular complexity index is 1330. The number of hydrogen-bond acceptors (Lipinski definition) is 6. The molecule has 0 aliphatic heterocycles. The van der Waals surface area contributed by atoms with Crippen LogP contribution in [0.5, 0.6) is 11.5 Å². The number of hydrogen-bond donors (Lipinski definition) is 1. The number of nitrogens with zero attached hydrogens (tertiary/aromatic N) is 3. The lowest BCUT2D eigenvalue weighted by atomic mass is 10.1. The molecule has 4 aromatic rings. The van der Waals surface area contributed by atoms with Crippen LogP contribution in [0.2, 0.25) is 0 Å². The fraction of sp³-hybridized carbons (Fsp3) is 0.120. The van der Waals surface area contributed by atoms with E-state index in [4.69, 9.17) is 9.47 Å². The zero-order valence-corrected chi connectivity index (χ0v) is 17.8. The Labute approximate surface area is 189 Å². The number of fused-ring (bicyclic) bond motifs is 1. The normalized spacial score (nSPS) is 11.2. The Morgan fingerprint density at radius 2 is 1.91 bits per heavy atom.